The highest BCUT2D eigenvalue weighted by Crippen LogP contribution is 2.48. The number of aliphatic hydroxyl groups excluding tert-OH is 2. The Kier molecular flexibility index (Phi) is 8.43. The second-order valence-electron chi connectivity index (χ2n) is 9.05. The van der Waals surface area contributed by atoms with Crippen LogP contribution in [0.2, 0.25) is 0 Å². The van der Waals surface area contributed by atoms with Crippen molar-refractivity contribution >= 4 is 11.8 Å². The van der Waals surface area contributed by atoms with Gasteiger partial charge in [-0.1, -0.05) is 53.6 Å². The normalized spacial score (nSPS) is 27.6. The molecule has 5 atom stereocenters. The van der Waals surface area contributed by atoms with E-state index >= 15 is 0 Å². The average molecular weight is 416 g/mol. The molecule has 0 unspecified atom stereocenters. The van der Waals surface area contributed by atoms with Gasteiger partial charge in [0.1, 0.15) is 0 Å². The topological polar surface area (TPSA) is 43.7 Å². The van der Waals surface area contributed by atoms with Crippen LogP contribution < -0.4 is 0 Å². The van der Waals surface area contributed by atoms with Gasteiger partial charge >= 0.3 is 0 Å². The molecule has 0 amide bonds. The van der Waals surface area contributed by atoms with Crippen molar-refractivity contribution in [2.75, 3.05) is 32.1 Å². The molecule has 4 heteroatoms. The van der Waals surface area contributed by atoms with Gasteiger partial charge in [0.2, 0.25) is 0 Å². The Labute approximate surface area is 180 Å². The number of fused-ring (bicyclic) bond motifs is 1. The van der Waals surface area contributed by atoms with Crippen molar-refractivity contribution in [1.29, 1.82) is 0 Å². The third-order valence-corrected chi connectivity index (χ3v) is 7.25. The largest absolute Gasteiger partial charge is 0.392 e. The van der Waals surface area contributed by atoms with E-state index in [1.807, 2.05) is 23.9 Å². The molecule has 0 saturated heterocycles. The summed E-state index contributed by atoms with van der Waals surface area (Å²) >= 11 is 2.03. The number of nitrogens with zero attached hydrogens (tertiary/aromatic N) is 1. The van der Waals surface area contributed by atoms with Crippen LogP contribution in [0.1, 0.15) is 30.4 Å². The minimum Gasteiger partial charge on any atom is -0.392 e. The van der Waals surface area contributed by atoms with Crippen molar-refractivity contribution in [3.63, 3.8) is 0 Å². The molecule has 2 N–H and O–H groups in total. The standard InChI is InChI=1S/C25H37NO2S/c1-18-5-4-6-19(13-18)15-22(27)7-8-23-24-16-20(14-21(24)17-25(23)28)9-11-29-12-10-26(2)3/h4-8,13-14,21-25,27-28H,9-12,15-17H2,1-3H3/b8-7+/t21-,22+,23+,24-,25+/m0/s1. The second-order valence-corrected chi connectivity index (χ2v) is 10.3. The molecule has 1 fully saturated rings. The van der Waals surface area contributed by atoms with E-state index in [9.17, 15) is 10.2 Å². The Balaban J connectivity index is 1.47. The van der Waals surface area contributed by atoms with Crippen LogP contribution in [-0.2, 0) is 6.42 Å². The number of aryl methyl sites for hydroxylation is 1. The molecule has 0 radical (unpaired) electrons. The Morgan fingerprint density at radius 2 is 2.10 bits per heavy atom. The first-order chi connectivity index (χ1) is 13.9. The first-order valence-corrected chi connectivity index (χ1v) is 12.1. The summed E-state index contributed by atoms with van der Waals surface area (Å²) in [6, 6.07) is 8.30. The molecular formula is C25H37NO2S. The Hall–Kier alpha value is -1.07. The van der Waals surface area contributed by atoms with Crippen molar-refractivity contribution in [3.05, 3.63) is 59.2 Å². The number of thioether (sulfide) groups is 1. The zero-order valence-electron chi connectivity index (χ0n) is 18.1. The second kappa shape index (κ2) is 10.8. The van der Waals surface area contributed by atoms with Crippen molar-refractivity contribution in [2.24, 2.45) is 17.8 Å². The van der Waals surface area contributed by atoms with Crippen LogP contribution in [0.4, 0.5) is 0 Å². The van der Waals surface area contributed by atoms with E-state index in [0.717, 1.165) is 24.9 Å². The molecule has 0 aliphatic heterocycles. The molecule has 1 aromatic carbocycles. The third-order valence-electron chi connectivity index (χ3n) is 6.28. The molecule has 0 aromatic heterocycles. The van der Waals surface area contributed by atoms with Crippen LogP contribution in [0.3, 0.4) is 0 Å². The summed E-state index contributed by atoms with van der Waals surface area (Å²) in [5.41, 5.74) is 3.95. The fourth-order valence-electron chi connectivity index (χ4n) is 4.75. The molecule has 3 rings (SSSR count). The first-order valence-electron chi connectivity index (χ1n) is 10.9. The van der Waals surface area contributed by atoms with Gasteiger partial charge in [-0.05, 0) is 63.4 Å². The van der Waals surface area contributed by atoms with Crippen LogP contribution in [0.25, 0.3) is 0 Å². The highest BCUT2D eigenvalue weighted by molar-refractivity contribution is 7.99. The summed E-state index contributed by atoms with van der Waals surface area (Å²) in [4.78, 5) is 2.23. The van der Waals surface area contributed by atoms with Gasteiger partial charge < -0.3 is 15.1 Å². The molecule has 1 saturated carbocycles. The molecule has 2 aliphatic rings. The lowest BCUT2D eigenvalue weighted by atomic mass is 9.88. The summed E-state index contributed by atoms with van der Waals surface area (Å²) in [7, 11) is 4.25. The molecule has 0 heterocycles. The van der Waals surface area contributed by atoms with Gasteiger partial charge in [-0.3, -0.25) is 0 Å². The monoisotopic (exact) mass is 415 g/mol. The molecule has 3 nitrogen and oxygen atoms in total. The third kappa shape index (κ3) is 6.71. The quantitative estimate of drug-likeness (QED) is 0.446. The van der Waals surface area contributed by atoms with Crippen molar-refractivity contribution in [1.82, 2.24) is 4.90 Å². The fourth-order valence-corrected chi connectivity index (χ4v) is 5.85. The van der Waals surface area contributed by atoms with Gasteiger partial charge in [-0.2, -0.15) is 11.8 Å². The summed E-state index contributed by atoms with van der Waals surface area (Å²) in [6.45, 7) is 3.21. The maximum atomic E-state index is 10.5. The van der Waals surface area contributed by atoms with Crippen LogP contribution in [0.5, 0.6) is 0 Å². The molecule has 2 aliphatic carbocycles. The van der Waals surface area contributed by atoms with Crippen molar-refractivity contribution in [2.45, 2.75) is 44.8 Å². The van der Waals surface area contributed by atoms with Gasteiger partial charge in [0.15, 0.2) is 0 Å². The number of benzene rings is 1. The van der Waals surface area contributed by atoms with Crippen LogP contribution in [0, 0.1) is 24.7 Å². The lowest BCUT2D eigenvalue weighted by molar-refractivity contribution is 0.140. The molecule has 160 valence electrons. The Morgan fingerprint density at radius 3 is 2.86 bits per heavy atom. The van der Waals surface area contributed by atoms with E-state index in [1.165, 1.54) is 23.5 Å². The molecular weight excluding hydrogens is 378 g/mol. The van der Waals surface area contributed by atoms with Gasteiger partial charge in [0, 0.05) is 24.6 Å². The van der Waals surface area contributed by atoms with Gasteiger partial charge in [-0.15, -0.1) is 0 Å². The van der Waals surface area contributed by atoms with E-state index in [0.29, 0.717) is 18.3 Å². The van der Waals surface area contributed by atoms with Crippen molar-refractivity contribution in [3.8, 4) is 0 Å². The van der Waals surface area contributed by atoms with Crippen molar-refractivity contribution < 1.29 is 10.2 Å². The highest BCUT2D eigenvalue weighted by Gasteiger charge is 2.43. The first kappa shape index (κ1) is 22.6. The van der Waals surface area contributed by atoms with Gasteiger partial charge in [0.05, 0.1) is 12.2 Å². The van der Waals surface area contributed by atoms with Crippen LogP contribution in [-0.4, -0.2) is 59.5 Å². The maximum Gasteiger partial charge on any atom is 0.0761 e. The molecule has 0 spiro atoms. The number of allylic oxidation sites excluding steroid dienone is 2. The van der Waals surface area contributed by atoms with E-state index in [4.69, 9.17) is 0 Å². The van der Waals surface area contributed by atoms with E-state index < -0.39 is 6.10 Å². The Morgan fingerprint density at radius 1 is 1.28 bits per heavy atom. The SMILES string of the molecule is Cc1cccc(C[C@H](O)/C=C/[C@@H]2[C@H]3CC(CCSCCN(C)C)=C[C@H]3C[C@H]2O)c1. The Bertz CT molecular complexity index is 715. The van der Waals surface area contributed by atoms with E-state index in [1.54, 1.807) is 5.57 Å². The summed E-state index contributed by atoms with van der Waals surface area (Å²) in [5, 5.41) is 21.0. The lowest BCUT2D eigenvalue weighted by Gasteiger charge is -2.19. The number of hydrogen-bond acceptors (Lipinski definition) is 4. The lowest BCUT2D eigenvalue weighted by Crippen LogP contribution is -2.18. The average Bonchev–Trinajstić information content (AvgIpc) is 3.16. The minimum atomic E-state index is -0.495. The van der Waals surface area contributed by atoms with Gasteiger partial charge in [0.25, 0.3) is 0 Å². The van der Waals surface area contributed by atoms with E-state index in [-0.39, 0.29) is 12.0 Å². The summed E-state index contributed by atoms with van der Waals surface area (Å²) in [5.74, 6) is 3.57. The summed E-state index contributed by atoms with van der Waals surface area (Å²) in [6.07, 6.45) is 9.45. The predicted molar refractivity (Wildman–Crippen MR) is 124 cm³/mol. The predicted octanol–water partition coefficient (Wildman–Crippen LogP) is 4.08. The zero-order chi connectivity index (χ0) is 20.8. The smallest absolute Gasteiger partial charge is 0.0761 e. The van der Waals surface area contributed by atoms with Gasteiger partial charge in [-0.25, -0.2) is 0 Å². The highest BCUT2D eigenvalue weighted by atomic mass is 32.2. The number of hydrogen-bond donors (Lipinski definition) is 2. The summed E-state index contributed by atoms with van der Waals surface area (Å²) < 4.78 is 0. The van der Waals surface area contributed by atoms with Crippen LogP contribution in [0.15, 0.2) is 48.1 Å². The number of aliphatic hydroxyl groups is 2. The maximum absolute atomic E-state index is 10.5. The molecule has 29 heavy (non-hydrogen) atoms. The fraction of sp³-hybridized carbons (Fsp3) is 0.600. The zero-order valence-corrected chi connectivity index (χ0v) is 18.9. The van der Waals surface area contributed by atoms with E-state index in [2.05, 4.69) is 56.3 Å². The number of rotatable bonds is 10. The minimum absolute atomic E-state index is 0.169. The molecule has 0 bridgehead atoms. The molecule has 1 aromatic rings. The van der Waals surface area contributed by atoms with Crippen LogP contribution >= 0.6 is 11.8 Å².